The predicted molar refractivity (Wildman–Crippen MR) is 83.8 cm³/mol. The van der Waals surface area contributed by atoms with Gasteiger partial charge in [-0.3, -0.25) is 4.79 Å². The van der Waals surface area contributed by atoms with E-state index in [-0.39, 0.29) is 11.9 Å². The van der Waals surface area contributed by atoms with Crippen LogP contribution in [0.25, 0.3) is 0 Å². The maximum Gasteiger partial charge on any atom is 0.236 e. The third kappa shape index (κ3) is 5.63. The Balaban J connectivity index is 2.52. The van der Waals surface area contributed by atoms with Gasteiger partial charge in [0.1, 0.15) is 11.5 Å². The molecule has 0 bridgehead atoms. The lowest BCUT2D eigenvalue weighted by Gasteiger charge is -2.16. The van der Waals surface area contributed by atoms with Crippen LogP contribution < -0.4 is 20.1 Å². The fourth-order valence-electron chi connectivity index (χ4n) is 1.90. The number of hydrogen-bond donors (Lipinski definition) is 2. The number of ether oxygens (including phenoxy) is 2. The average Bonchev–Trinajstić information content (AvgIpc) is 2.52. The van der Waals surface area contributed by atoms with Crippen LogP contribution in [0.2, 0.25) is 0 Å². The van der Waals surface area contributed by atoms with Crippen LogP contribution in [0.15, 0.2) is 18.2 Å². The minimum atomic E-state index is -0.242. The molecule has 0 radical (unpaired) electrons. The number of benzene rings is 1. The van der Waals surface area contributed by atoms with Gasteiger partial charge in [0.15, 0.2) is 0 Å². The fraction of sp³-hybridized carbons (Fsp3) is 0.562. The lowest BCUT2D eigenvalue weighted by atomic mass is 10.1. The first kappa shape index (κ1) is 17.3. The van der Waals surface area contributed by atoms with Gasteiger partial charge in [-0.25, -0.2) is 0 Å². The molecule has 0 aliphatic heterocycles. The summed E-state index contributed by atoms with van der Waals surface area (Å²) in [5, 5.41) is 6.12. The van der Waals surface area contributed by atoms with Crippen molar-refractivity contribution in [2.45, 2.75) is 39.3 Å². The topological polar surface area (TPSA) is 59.6 Å². The van der Waals surface area contributed by atoms with Gasteiger partial charge >= 0.3 is 0 Å². The summed E-state index contributed by atoms with van der Waals surface area (Å²) in [5.74, 6) is 1.53. The summed E-state index contributed by atoms with van der Waals surface area (Å²) in [7, 11) is 3.24. The van der Waals surface area contributed by atoms with Crippen molar-refractivity contribution in [2.24, 2.45) is 0 Å². The summed E-state index contributed by atoms with van der Waals surface area (Å²) in [6, 6.07) is 5.41. The Hall–Kier alpha value is -1.75. The largest absolute Gasteiger partial charge is 0.497 e. The molecule has 1 amide bonds. The predicted octanol–water partition coefficient (Wildman–Crippen LogP) is 2.10. The fourth-order valence-corrected chi connectivity index (χ4v) is 1.90. The van der Waals surface area contributed by atoms with E-state index >= 15 is 0 Å². The summed E-state index contributed by atoms with van der Waals surface area (Å²) in [4.78, 5) is 11.9. The zero-order chi connectivity index (χ0) is 15.7. The second kappa shape index (κ2) is 9.23. The minimum absolute atomic E-state index is 0.0240. The molecule has 0 fully saturated rings. The maximum absolute atomic E-state index is 11.9. The van der Waals surface area contributed by atoms with Gasteiger partial charge in [0.05, 0.1) is 20.3 Å². The number of hydrogen-bond acceptors (Lipinski definition) is 4. The van der Waals surface area contributed by atoms with Crippen LogP contribution in [0.5, 0.6) is 11.5 Å². The van der Waals surface area contributed by atoms with Crippen molar-refractivity contribution >= 4 is 5.91 Å². The third-order valence-corrected chi connectivity index (χ3v) is 3.32. The minimum Gasteiger partial charge on any atom is -0.497 e. The van der Waals surface area contributed by atoms with Crippen LogP contribution in [-0.4, -0.2) is 32.7 Å². The van der Waals surface area contributed by atoms with Crippen molar-refractivity contribution in [1.82, 2.24) is 10.6 Å². The molecule has 0 aliphatic rings. The normalized spacial score (nSPS) is 11.8. The van der Waals surface area contributed by atoms with Crippen molar-refractivity contribution in [3.8, 4) is 11.5 Å². The van der Waals surface area contributed by atoms with Crippen LogP contribution in [-0.2, 0) is 11.3 Å². The highest BCUT2D eigenvalue weighted by Crippen LogP contribution is 2.24. The quantitative estimate of drug-likeness (QED) is 0.685. The molecular formula is C16H26N2O3. The van der Waals surface area contributed by atoms with Crippen LogP contribution in [0.4, 0.5) is 0 Å². The molecule has 1 rings (SSSR count). The summed E-state index contributed by atoms with van der Waals surface area (Å²) in [6.45, 7) is 5.25. The average molecular weight is 294 g/mol. The van der Waals surface area contributed by atoms with Gasteiger partial charge in [0.2, 0.25) is 5.91 Å². The van der Waals surface area contributed by atoms with E-state index in [9.17, 15) is 4.79 Å². The molecule has 1 aromatic carbocycles. The van der Waals surface area contributed by atoms with Gasteiger partial charge in [0.25, 0.3) is 0 Å². The second-order valence-electron chi connectivity index (χ2n) is 4.92. The van der Waals surface area contributed by atoms with E-state index in [1.54, 1.807) is 14.2 Å². The van der Waals surface area contributed by atoms with Gasteiger partial charge in [-0.05, 0) is 19.4 Å². The molecule has 5 heteroatoms. The highest BCUT2D eigenvalue weighted by atomic mass is 16.5. The first-order valence-electron chi connectivity index (χ1n) is 7.34. The Labute approximate surface area is 127 Å². The van der Waals surface area contributed by atoms with E-state index in [0.29, 0.717) is 6.54 Å². The van der Waals surface area contributed by atoms with Gasteiger partial charge < -0.3 is 20.1 Å². The standard InChI is InChI=1S/C16H26N2O3/c1-5-6-9-17-16(19)12(2)18-11-13-7-8-14(20-3)10-15(13)21-4/h7-8,10,12,18H,5-6,9,11H2,1-4H3,(H,17,19). The van der Waals surface area contributed by atoms with Crippen molar-refractivity contribution in [3.05, 3.63) is 23.8 Å². The Morgan fingerprint density at radius 1 is 1.29 bits per heavy atom. The van der Waals surface area contributed by atoms with E-state index in [2.05, 4.69) is 17.6 Å². The van der Waals surface area contributed by atoms with Crippen molar-refractivity contribution in [1.29, 1.82) is 0 Å². The third-order valence-electron chi connectivity index (χ3n) is 3.32. The second-order valence-corrected chi connectivity index (χ2v) is 4.92. The molecule has 0 spiro atoms. The van der Waals surface area contributed by atoms with E-state index < -0.39 is 0 Å². The van der Waals surface area contributed by atoms with Crippen LogP contribution in [0.3, 0.4) is 0 Å². The number of rotatable bonds is 9. The van der Waals surface area contributed by atoms with E-state index in [4.69, 9.17) is 9.47 Å². The summed E-state index contributed by atoms with van der Waals surface area (Å²) in [5.41, 5.74) is 0.992. The van der Waals surface area contributed by atoms with Crippen LogP contribution in [0, 0.1) is 0 Å². The summed E-state index contributed by atoms with van der Waals surface area (Å²) in [6.07, 6.45) is 2.08. The summed E-state index contributed by atoms with van der Waals surface area (Å²) < 4.78 is 10.5. The molecule has 5 nitrogen and oxygen atoms in total. The number of nitrogens with one attached hydrogen (secondary N) is 2. The molecule has 0 saturated carbocycles. The maximum atomic E-state index is 11.9. The molecule has 118 valence electrons. The van der Waals surface area contributed by atoms with Gasteiger partial charge in [0, 0.05) is 24.7 Å². The smallest absolute Gasteiger partial charge is 0.236 e. The van der Waals surface area contributed by atoms with Crippen LogP contribution >= 0.6 is 0 Å². The highest BCUT2D eigenvalue weighted by molar-refractivity contribution is 5.81. The first-order valence-corrected chi connectivity index (χ1v) is 7.34. The van der Waals surface area contributed by atoms with Gasteiger partial charge in [-0.1, -0.05) is 19.4 Å². The van der Waals surface area contributed by atoms with E-state index in [0.717, 1.165) is 36.4 Å². The lowest BCUT2D eigenvalue weighted by molar-refractivity contribution is -0.122. The molecule has 0 aromatic heterocycles. The van der Waals surface area contributed by atoms with Crippen molar-refractivity contribution in [3.63, 3.8) is 0 Å². The molecular weight excluding hydrogens is 268 g/mol. The number of unbranched alkanes of at least 4 members (excludes halogenated alkanes) is 1. The molecule has 1 unspecified atom stereocenters. The van der Waals surface area contributed by atoms with Crippen molar-refractivity contribution < 1.29 is 14.3 Å². The number of amides is 1. The van der Waals surface area contributed by atoms with E-state index in [1.165, 1.54) is 0 Å². The first-order chi connectivity index (χ1) is 10.1. The lowest BCUT2D eigenvalue weighted by Crippen LogP contribution is -2.42. The Morgan fingerprint density at radius 2 is 2.05 bits per heavy atom. The monoisotopic (exact) mass is 294 g/mol. The molecule has 2 N–H and O–H groups in total. The SMILES string of the molecule is CCCCNC(=O)C(C)NCc1ccc(OC)cc1OC. The van der Waals surface area contributed by atoms with E-state index in [1.807, 2.05) is 25.1 Å². The zero-order valence-corrected chi connectivity index (χ0v) is 13.4. The summed E-state index contributed by atoms with van der Waals surface area (Å²) >= 11 is 0. The zero-order valence-electron chi connectivity index (χ0n) is 13.4. The molecule has 1 atom stereocenters. The number of carbonyl (C=O) groups is 1. The van der Waals surface area contributed by atoms with Crippen LogP contribution in [0.1, 0.15) is 32.3 Å². The molecule has 1 aromatic rings. The number of methoxy groups -OCH3 is 2. The Kier molecular flexibility index (Phi) is 7.61. The molecule has 0 saturated heterocycles. The molecule has 0 heterocycles. The molecule has 0 aliphatic carbocycles. The van der Waals surface area contributed by atoms with Gasteiger partial charge in [-0.2, -0.15) is 0 Å². The highest BCUT2D eigenvalue weighted by Gasteiger charge is 2.12. The van der Waals surface area contributed by atoms with Crippen molar-refractivity contribution in [2.75, 3.05) is 20.8 Å². The molecule has 21 heavy (non-hydrogen) atoms. The van der Waals surface area contributed by atoms with Gasteiger partial charge in [-0.15, -0.1) is 0 Å². The Bertz CT molecular complexity index is 449. The Morgan fingerprint density at radius 3 is 2.67 bits per heavy atom. The number of carbonyl (C=O) groups excluding carboxylic acids is 1.